The van der Waals surface area contributed by atoms with Crippen LogP contribution in [0.5, 0.6) is 0 Å². The molecule has 22 heavy (non-hydrogen) atoms. The Morgan fingerprint density at radius 3 is 2.50 bits per heavy atom. The molecule has 2 aromatic carbocycles. The first-order valence-electron chi connectivity index (χ1n) is 7.66. The number of anilines is 2. The predicted octanol–water partition coefficient (Wildman–Crippen LogP) is 2.66. The van der Waals surface area contributed by atoms with Crippen molar-refractivity contribution in [1.29, 1.82) is 0 Å². The van der Waals surface area contributed by atoms with E-state index >= 15 is 0 Å². The zero-order chi connectivity index (χ0) is 15.4. The quantitative estimate of drug-likeness (QED) is 0.915. The van der Waals surface area contributed by atoms with Crippen LogP contribution in [0.1, 0.15) is 15.9 Å². The molecule has 0 aromatic heterocycles. The molecule has 0 saturated carbocycles. The summed E-state index contributed by atoms with van der Waals surface area (Å²) >= 11 is 0. The van der Waals surface area contributed by atoms with Crippen LogP contribution in [0.25, 0.3) is 0 Å². The topological polar surface area (TPSA) is 44.4 Å². The SMILES string of the molecule is Cc1cccc(C(=O)Nc2ccc(N3CCNCC3)cc2)c1. The highest BCUT2D eigenvalue weighted by atomic mass is 16.1. The minimum atomic E-state index is -0.0707. The molecule has 1 aliphatic rings. The molecule has 1 saturated heterocycles. The number of hydrogen-bond donors (Lipinski definition) is 2. The van der Waals surface area contributed by atoms with Crippen molar-refractivity contribution in [1.82, 2.24) is 5.32 Å². The fourth-order valence-corrected chi connectivity index (χ4v) is 2.67. The predicted molar refractivity (Wildman–Crippen MR) is 90.7 cm³/mol. The van der Waals surface area contributed by atoms with E-state index in [1.54, 1.807) is 0 Å². The minimum absolute atomic E-state index is 0.0707. The second kappa shape index (κ2) is 6.62. The Morgan fingerprint density at radius 1 is 1.09 bits per heavy atom. The van der Waals surface area contributed by atoms with Crippen molar-refractivity contribution in [2.24, 2.45) is 0 Å². The summed E-state index contributed by atoms with van der Waals surface area (Å²) in [6, 6.07) is 15.7. The Morgan fingerprint density at radius 2 is 1.82 bits per heavy atom. The van der Waals surface area contributed by atoms with Crippen molar-refractivity contribution >= 4 is 17.3 Å². The van der Waals surface area contributed by atoms with Gasteiger partial charge in [-0.25, -0.2) is 0 Å². The molecule has 1 heterocycles. The molecule has 114 valence electrons. The van der Waals surface area contributed by atoms with Crippen molar-refractivity contribution < 1.29 is 4.79 Å². The van der Waals surface area contributed by atoms with E-state index in [1.807, 2.05) is 43.3 Å². The van der Waals surface area contributed by atoms with Gasteiger partial charge in [-0.3, -0.25) is 4.79 Å². The van der Waals surface area contributed by atoms with Crippen LogP contribution < -0.4 is 15.5 Å². The van der Waals surface area contributed by atoms with Crippen molar-refractivity contribution in [2.75, 3.05) is 36.4 Å². The maximum absolute atomic E-state index is 12.2. The summed E-state index contributed by atoms with van der Waals surface area (Å²) in [6.45, 7) is 6.07. The average Bonchev–Trinajstić information content (AvgIpc) is 2.56. The number of benzene rings is 2. The van der Waals surface area contributed by atoms with E-state index in [1.165, 1.54) is 5.69 Å². The van der Waals surface area contributed by atoms with E-state index in [2.05, 4.69) is 27.7 Å². The lowest BCUT2D eigenvalue weighted by molar-refractivity contribution is 0.102. The number of piperazine rings is 1. The zero-order valence-electron chi connectivity index (χ0n) is 12.8. The van der Waals surface area contributed by atoms with Gasteiger partial charge < -0.3 is 15.5 Å². The van der Waals surface area contributed by atoms with E-state index in [9.17, 15) is 4.79 Å². The van der Waals surface area contributed by atoms with Gasteiger partial charge in [0.2, 0.25) is 0 Å². The van der Waals surface area contributed by atoms with Gasteiger partial charge in [-0.15, -0.1) is 0 Å². The molecule has 1 aliphatic heterocycles. The Balaban J connectivity index is 1.66. The van der Waals surface area contributed by atoms with Crippen LogP contribution in [0.4, 0.5) is 11.4 Å². The number of hydrogen-bond acceptors (Lipinski definition) is 3. The van der Waals surface area contributed by atoms with Crippen molar-refractivity contribution in [3.05, 3.63) is 59.7 Å². The standard InChI is InChI=1S/C18H21N3O/c1-14-3-2-4-15(13-14)18(22)20-16-5-7-17(8-6-16)21-11-9-19-10-12-21/h2-8,13,19H,9-12H2,1H3,(H,20,22). The molecule has 0 atom stereocenters. The van der Waals surface area contributed by atoms with Gasteiger partial charge in [0.05, 0.1) is 0 Å². The molecule has 3 rings (SSSR count). The third-order valence-corrected chi connectivity index (χ3v) is 3.89. The highest BCUT2D eigenvalue weighted by Gasteiger charge is 2.11. The van der Waals surface area contributed by atoms with Crippen LogP contribution in [0.2, 0.25) is 0 Å². The summed E-state index contributed by atoms with van der Waals surface area (Å²) in [5, 5.41) is 6.29. The van der Waals surface area contributed by atoms with Gasteiger partial charge in [0.25, 0.3) is 5.91 Å². The van der Waals surface area contributed by atoms with Gasteiger partial charge in [-0.1, -0.05) is 17.7 Å². The Bertz CT molecular complexity index is 646. The van der Waals surface area contributed by atoms with Gasteiger partial charge in [-0.05, 0) is 43.3 Å². The highest BCUT2D eigenvalue weighted by molar-refractivity contribution is 6.04. The smallest absolute Gasteiger partial charge is 0.255 e. The maximum atomic E-state index is 12.2. The molecule has 1 fully saturated rings. The molecular weight excluding hydrogens is 274 g/mol. The third-order valence-electron chi connectivity index (χ3n) is 3.89. The zero-order valence-corrected chi connectivity index (χ0v) is 12.8. The Labute approximate surface area is 131 Å². The summed E-state index contributed by atoms with van der Waals surface area (Å²) in [5.41, 5.74) is 3.80. The van der Waals surface area contributed by atoms with Crippen LogP contribution in [0.15, 0.2) is 48.5 Å². The number of carbonyl (C=O) groups is 1. The van der Waals surface area contributed by atoms with Crippen molar-refractivity contribution in [3.8, 4) is 0 Å². The van der Waals surface area contributed by atoms with E-state index in [-0.39, 0.29) is 5.91 Å². The molecule has 1 amide bonds. The number of nitrogens with one attached hydrogen (secondary N) is 2. The summed E-state index contributed by atoms with van der Waals surface area (Å²) in [6.07, 6.45) is 0. The van der Waals surface area contributed by atoms with Crippen LogP contribution >= 0.6 is 0 Å². The molecule has 4 nitrogen and oxygen atoms in total. The second-order valence-corrected chi connectivity index (χ2v) is 5.61. The number of carbonyl (C=O) groups excluding carboxylic acids is 1. The number of nitrogens with zero attached hydrogens (tertiary/aromatic N) is 1. The Hall–Kier alpha value is -2.33. The number of rotatable bonds is 3. The molecular formula is C18H21N3O. The highest BCUT2D eigenvalue weighted by Crippen LogP contribution is 2.19. The molecule has 0 aliphatic carbocycles. The molecule has 0 radical (unpaired) electrons. The van der Waals surface area contributed by atoms with Crippen LogP contribution in [-0.2, 0) is 0 Å². The fraction of sp³-hybridized carbons (Fsp3) is 0.278. The van der Waals surface area contributed by atoms with Crippen LogP contribution in [0.3, 0.4) is 0 Å². The van der Waals surface area contributed by atoms with Gasteiger partial charge in [0.1, 0.15) is 0 Å². The van der Waals surface area contributed by atoms with Crippen LogP contribution in [0, 0.1) is 6.92 Å². The van der Waals surface area contributed by atoms with Gasteiger partial charge >= 0.3 is 0 Å². The summed E-state index contributed by atoms with van der Waals surface area (Å²) < 4.78 is 0. The lowest BCUT2D eigenvalue weighted by Crippen LogP contribution is -2.43. The van der Waals surface area contributed by atoms with E-state index < -0.39 is 0 Å². The maximum Gasteiger partial charge on any atom is 0.255 e. The summed E-state index contributed by atoms with van der Waals surface area (Å²) in [4.78, 5) is 14.6. The van der Waals surface area contributed by atoms with Gasteiger partial charge in [-0.2, -0.15) is 0 Å². The van der Waals surface area contributed by atoms with Gasteiger partial charge in [0, 0.05) is 43.1 Å². The average molecular weight is 295 g/mol. The first kappa shape index (κ1) is 14.6. The number of aryl methyl sites for hydroxylation is 1. The molecule has 2 N–H and O–H groups in total. The monoisotopic (exact) mass is 295 g/mol. The normalized spacial score (nSPS) is 14.7. The Kier molecular flexibility index (Phi) is 4.39. The van der Waals surface area contributed by atoms with Crippen LogP contribution in [-0.4, -0.2) is 32.1 Å². The molecule has 2 aromatic rings. The fourth-order valence-electron chi connectivity index (χ4n) is 2.67. The summed E-state index contributed by atoms with van der Waals surface area (Å²) in [5.74, 6) is -0.0707. The largest absolute Gasteiger partial charge is 0.369 e. The lowest BCUT2D eigenvalue weighted by Gasteiger charge is -2.29. The third kappa shape index (κ3) is 3.46. The first-order valence-corrected chi connectivity index (χ1v) is 7.66. The van der Waals surface area contributed by atoms with Crippen molar-refractivity contribution in [3.63, 3.8) is 0 Å². The van der Waals surface area contributed by atoms with Gasteiger partial charge in [0.15, 0.2) is 0 Å². The van der Waals surface area contributed by atoms with Crippen molar-refractivity contribution in [2.45, 2.75) is 6.92 Å². The van der Waals surface area contributed by atoms with E-state index in [0.29, 0.717) is 5.56 Å². The molecule has 4 heteroatoms. The number of amides is 1. The lowest BCUT2D eigenvalue weighted by atomic mass is 10.1. The molecule has 0 spiro atoms. The van der Waals surface area contributed by atoms with E-state index in [0.717, 1.165) is 37.4 Å². The minimum Gasteiger partial charge on any atom is -0.369 e. The first-order chi connectivity index (χ1) is 10.7. The second-order valence-electron chi connectivity index (χ2n) is 5.61. The summed E-state index contributed by atoms with van der Waals surface area (Å²) in [7, 11) is 0. The molecule has 0 bridgehead atoms. The molecule has 0 unspecified atom stereocenters. The van der Waals surface area contributed by atoms with E-state index in [4.69, 9.17) is 0 Å².